The summed E-state index contributed by atoms with van der Waals surface area (Å²) < 4.78 is 211. The van der Waals surface area contributed by atoms with Crippen molar-refractivity contribution in [3.05, 3.63) is 0 Å². The number of halogens is 16. The standard InChI is InChI=1S/C13H12F16/c1-3-4-5-7(16,17)9(20,21)11(24,25)13(28,29)12(26,27)10(22,23)8(18,19)6(2,14)15/h3-5H2,1-2H3. The normalized spacial score (nSPS) is 16.3. The minimum Gasteiger partial charge on any atom is -0.200 e. The minimum absolute atomic E-state index is 0.417. The number of rotatable bonds is 10. The van der Waals surface area contributed by atoms with Crippen LogP contribution in [0.5, 0.6) is 0 Å². The van der Waals surface area contributed by atoms with E-state index in [2.05, 4.69) is 0 Å². The van der Waals surface area contributed by atoms with Crippen LogP contribution in [0.4, 0.5) is 70.2 Å². The molecule has 176 valence electrons. The van der Waals surface area contributed by atoms with Gasteiger partial charge in [0.05, 0.1) is 0 Å². The van der Waals surface area contributed by atoms with Gasteiger partial charge in [0, 0.05) is 13.3 Å². The van der Waals surface area contributed by atoms with Crippen molar-refractivity contribution in [2.24, 2.45) is 0 Å². The third-order valence-electron chi connectivity index (χ3n) is 3.83. The lowest BCUT2D eigenvalue weighted by atomic mass is 9.87. The molecule has 0 spiro atoms. The molecule has 0 N–H and O–H groups in total. The Hall–Kier alpha value is -1.12. The van der Waals surface area contributed by atoms with Crippen LogP contribution in [0.25, 0.3) is 0 Å². The summed E-state index contributed by atoms with van der Waals surface area (Å²) in [5.74, 6) is -60.1. The van der Waals surface area contributed by atoms with Crippen LogP contribution >= 0.6 is 0 Å². The van der Waals surface area contributed by atoms with Gasteiger partial charge < -0.3 is 0 Å². The summed E-state index contributed by atoms with van der Waals surface area (Å²) in [7, 11) is 0. The molecular weight excluding hydrogens is 460 g/mol. The molecule has 0 unspecified atom stereocenters. The van der Waals surface area contributed by atoms with Crippen molar-refractivity contribution in [2.45, 2.75) is 80.5 Å². The molecule has 0 bridgehead atoms. The summed E-state index contributed by atoms with van der Waals surface area (Å²) in [5.41, 5.74) is 0. The third kappa shape index (κ3) is 3.72. The Labute approximate surface area is 152 Å². The molecule has 0 saturated heterocycles. The summed E-state index contributed by atoms with van der Waals surface area (Å²) in [6, 6.07) is 0. The molecule has 0 heterocycles. The Balaban J connectivity index is 6.57. The third-order valence-corrected chi connectivity index (χ3v) is 3.83. The molecule has 0 saturated carbocycles. The average Bonchev–Trinajstić information content (AvgIpc) is 2.50. The Morgan fingerprint density at radius 1 is 0.448 bits per heavy atom. The van der Waals surface area contributed by atoms with Crippen molar-refractivity contribution < 1.29 is 70.2 Å². The van der Waals surface area contributed by atoms with Crippen molar-refractivity contribution in [2.75, 3.05) is 0 Å². The first-order valence-corrected chi connectivity index (χ1v) is 7.33. The SMILES string of the molecule is CCCCC(F)(F)C(F)(F)C(F)(F)C(F)(F)C(F)(F)C(F)(F)C(F)(F)C(C)(F)F. The molecule has 0 nitrogen and oxygen atoms in total. The Bertz CT molecular complexity index is 570. The van der Waals surface area contributed by atoms with Gasteiger partial charge in [0.2, 0.25) is 0 Å². The smallest absolute Gasteiger partial charge is 0.200 e. The maximum atomic E-state index is 13.4. The molecule has 0 fully saturated rings. The van der Waals surface area contributed by atoms with Crippen LogP contribution in [-0.2, 0) is 0 Å². The highest BCUT2D eigenvalue weighted by Gasteiger charge is 2.94. The van der Waals surface area contributed by atoms with Gasteiger partial charge in [-0.05, 0) is 6.42 Å². The predicted octanol–water partition coefficient (Wildman–Crippen LogP) is 7.28. The number of alkyl halides is 16. The average molecular weight is 472 g/mol. The molecule has 0 aromatic heterocycles. The maximum absolute atomic E-state index is 13.4. The van der Waals surface area contributed by atoms with Gasteiger partial charge in [-0.1, -0.05) is 13.3 Å². The summed E-state index contributed by atoms with van der Waals surface area (Å²) >= 11 is 0. The maximum Gasteiger partial charge on any atom is 0.384 e. The predicted molar refractivity (Wildman–Crippen MR) is 64.8 cm³/mol. The van der Waals surface area contributed by atoms with Gasteiger partial charge in [-0.2, -0.15) is 70.2 Å². The summed E-state index contributed by atoms with van der Waals surface area (Å²) in [4.78, 5) is 0. The zero-order chi connectivity index (χ0) is 24.1. The Morgan fingerprint density at radius 3 is 1.00 bits per heavy atom. The molecule has 0 atom stereocenters. The second-order valence-corrected chi connectivity index (χ2v) is 6.14. The van der Waals surface area contributed by atoms with Crippen LogP contribution in [0.2, 0.25) is 0 Å². The van der Waals surface area contributed by atoms with E-state index in [1.165, 1.54) is 0 Å². The monoisotopic (exact) mass is 472 g/mol. The molecule has 0 aromatic rings. The van der Waals surface area contributed by atoms with E-state index in [1.807, 2.05) is 0 Å². The zero-order valence-corrected chi connectivity index (χ0v) is 14.2. The van der Waals surface area contributed by atoms with Gasteiger partial charge in [0.25, 0.3) is 0 Å². The van der Waals surface area contributed by atoms with Crippen molar-refractivity contribution >= 4 is 0 Å². The largest absolute Gasteiger partial charge is 0.384 e. The van der Waals surface area contributed by atoms with Crippen LogP contribution < -0.4 is 0 Å². The van der Waals surface area contributed by atoms with E-state index in [0.29, 0.717) is 0 Å². The van der Waals surface area contributed by atoms with E-state index in [9.17, 15) is 70.2 Å². The molecule has 0 aromatic carbocycles. The van der Waals surface area contributed by atoms with E-state index in [4.69, 9.17) is 0 Å². The summed E-state index contributed by atoms with van der Waals surface area (Å²) in [5, 5.41) is 0. The van der Waals surface area contributed by atoms with Crippen LogP contribution in [0.1, 0.15) is 33.1 Å². The van der Waals surface area contributed by atoms with Crippen LogP contribution in [0, 0.1) is 0 Å². The lowest BCUT2D eigenvalue weighted by Crippen LogP contribution is -2.74. The summed E-state index contributed by atoms with van der Waals surface area (Å²) in [6.07, 6.45) is -3.76. The van der Waals surface area contributed by atoms with Crippen molar-refractivity contribution in [3.8, 4) is 0 Å². The fourth-order valence-electron chi connectivity index (χ4n) is 1.85. The van der Waals surface area contributed by atoms with Gasteiger partial charge in [0.15, 0.2) is 0 Å². The van der Waals surface area contributed by atoms with Gasteiger partial charge >= 0.3 is 47.4 Å². The van der Waals surface area contributed by atoms with E-state index in [-0.39, 0.29) is 0 Å². The second kappa shape index (κ2) is 7.24. The first-order chi connectivity index (χ1) is 12.3. The zero-order valence-electron chi connectivity index (χ0n) is 14.2. The fourth-order valence-corrected chi connectivity index (χ4v) is 1.85. The molecule has 16 heteroatoms. The highest BCUT2D eigenvalue weighted by molar-refractivity contribution is 5.15. The van der Waals surface area contributed by atoms with E-state index < -0.39 is 73.6 Å². The molecule has 0 amide bonds. The van der Waals surface area contributed by atoms with Gasteiger partial charge in [-0.25, -0.2) is 0 Å². The molecule has 0 rings (SSSR count). The fraction of sp³-hybridized carbons (Fsp3) is 1.00. The van der Waals surface area contributed by atoms with E-state index in [1.54, 1.807) is 0 Å². The molecule has 0 aliphatic rings. The molecule has 29 heavy (non-hydrogen) atoms. The Kier molecular flexibility index (Phi) is 6.96. The van der Waals surface area contributed by atoms with E-state index in [0.717, 1.165) is 6.92 Å². The highest BCUT2D eigenvalue weighted by atomic mass is 19.4. The topological polar surface area (TPSA) is 0 Å². The van der Waals surface area contributed by atoms with Gasteiger partial charge in [-0.15, -0.1) is 0 Å². The lowest BCUT2D eigenvalue weighted by Gasteiger charge is -2.43. The van der Waals surface area contributed by atoms with Gasteiger partial charge in [-0.3, -0.25) is 0 Å². The molecular formula is C13H12F16. The lowest BCUT2D eigenvalue weighted by molar-refractivity contribution is -0.452. The molecule has 0 aliphatic heterocycles. The highest BCUT2D eigenvalue weighted by Crippen LogP contribution is 2.64. The number of unbranched alkanes of at least 4 members (excludes halogenated alkanes) is 1. The quantitative estimate of drug-likeness (QED) is 0.293. The Morgan fingerprint density at radius 2 is 0.724 bits per heavy atom. The van der Waals surface area contributed by atoms with Crippen LogP contribution in [0.15, 0.2) is 0 Å². The van der Waals surface area contributed by atoms with Crippen molar-refractivity contribution in [1.82, 2.24) is 0 Å². The van der Waals surface area contributed by atoms with Crippen molar-refractivity contribution in [1.29, 1.82) is 0 Å². The second-order valence-electron chi connectivity index (χ2n) is 6.14. The minimum atomic E-state index is -8.32. The number of hydrogen-bond acceptors (Lipinski definition) is 0. The van der Waals surface area contributed by atoms with Crippen molar-refractivity contribution in [3.63, 3.8) is 0 Å². The van der Waals surface area contributed by atoms with Crippen LogP contribution in [-0.4, -0.2) is 47.4 Å². The van der Waals surface area contributed by atoms with Gasteiger partial charge in [0.1, 0.15) is 0 Å². The molecule has 0 radical (unpaired) electrons. The first kappa shape index (κ1) is 27.9. The molecule has 0 aliphatic carbocycles. The summed E-state index contributed by atoms with van der Waals surface area (Å²) in [6.45, 7) is -0.149. The number of hydrogen-bond donors (Lipinski definition) is 0. The van der Waals surface area contributed by atoms with E-state index >= 15 is 0 Å². The first-order valence-electron chi connectivity index (χ1n) is 7.33. The van der Waals surface area contributed by atoms with Crippen LogP contribution in [0.3, 0.4) is 0 Å².